The van der Waals surface area contributed by atoms with Crippen LogP contribution in [0.2, 0.25) is 0 Å². The summed E-state index contributed by atoms with van der Waals surface area (Å²) >= 11 is 0. The quantitative estimate of drug-likeness (QED) is 0.0764. The van der Waals surface area contributed by atoms with Crippen molar-refractivity contribution in [2.75, 3.05) is 0 Å². The Morgan fingerprint density at radius 2 is 0.571 bits per heavy atom. The highest BCUT2D eigenvalue weighted by Crippen LogP contribution is 2.43. The summed E-state index contributed by atoms with van der Waals surface area (Å²) in [4.78, 5) is 0. The summed E-state index contributed by atoms with van der Waals surface area (Å²) < 4.78 is 0. The molecule has 0 aliphatic heterocycles. The van der Waals surface area contributed by atoms with E-state index in [0.717, 1.165) is 35.4 Å². The average Bonchev–Trinajstić information content (AvgIpc) is 3.12. The van der Waals surface area contributed by atoms with Gasteiger partial charge in [-0.2, -0.15) is 0 Å². The molecule has 0 spiro atoms. The third kappa shape index (κ3) is 8.50. The summed E-state index contributed by atoms with van der Waals surface area (Å²) in [5, 5.41) is 139. The molecule has 0 atom stereocenters. The number of aromatic hydroxyl groups is 14. The predicted octanol–water partition coefficient (Wildman–Crippen LogP) is 6.23. The van der Waals surface area contributed by atoms with E-state index >= 15 is 0 Å². The number of phenols is 14. The number of benzene rings is 6. The van der Waals surface area contributed by atoms with Crippen molar-refractivity contribution in [2.24, 2.45) is 0 Å². The Hall–Kier alpha value is -7.48. The third-order valence-corrected chi connectivity index (χ3v) is 9.12. The van der Waals surface area contributed by atoms with Gasteiger partial charge in [-0.3, -0.25) is 0 Å². The Labute approximate surface area is 319 Å². The van der Waals surface area contributed by atoms with Crippen LogP contribution in [0.1, 0.15) is 55.6 Å². The first-order chi connectivity index (χ1) is 26.3. The van der Waals surface area contributed by atoms with Crippen molar-refractivity contribution >= 4 is 0 Å². The van der Waals surface area contributed by atoms with Crippen LogP contribution in [0.3, 0.4) is 0 Å². The molecular formula is C42H40O14. The van der Waals surface area contributed by atoms with Gasteiger partial charge in [0.05, 0.1) is 0 Å². The van der Waals surface area contributed by atoms with E-state index in [-0.39, 0.29) is 82.8 Å². The van der Waals surface area contributed by atoms with E-state index in [1.807, 2.05) is 6.92 Å². The SMILES string of the molecule is Cc1cc(Cc2c(O)cc(O)cc2O)c(O)c(Cc2c(O)cc(O)cc2O)c1.Cc1cc(Cc2ccc(O)c(O)c2O)c(O)c(Cc2ccc(O)c(O)c2O)c1. The fourth-order valence-electron chi connectivity index (χ4n) is 6.32. The molecule has 6 rings (SSSR count). The zero-order valence-electron chi connectivity index (χ0n) is 30.0. The molecule has 14 nitrogen and oxygen atoms in total. The van der Waals surface area contributed by atoms with Gasteiger partial charge in [0, 0.05) is 72.2 Å². The predicted molar refractivity (Wildman–Crippen MR) is 203 cm³/mol. The van der Waals surface area contributed by atoms with Crippen molar-refractivity contribution in [2.45, 2.75) is 39.5 Å². The molecule has 0 radical (unpaired) electrons. The summed E-state index contributed by atoms with van der Waals surface area (Å²) in [7, 11) is 0. The van der Waals surface area contributed by atoms with Crippen molar-refractivity contribution in [3.63, 3.8) is 0 Å². The molecule has 0 saturated carbocycles. The Morgan fingerprint density at radius 3 is 0.875 bits per heavy atom. The molecule has 0 unspecified atom stereocenters. The van der Waals surface area contributed by atoms with Crippen molar-refractivity contribution in [1.29, 1.82) is 0 Å². The summed E-state index contributed by atoms with van der Waals surface area (Å²) in [6.45, 7) is 3.61. The smallest absolute Gasteiger partial charge is 0.200 e. The first-order valence-electron chi connectivity index (χ1n) is 16.9. The minimum absolute atomic E-state index is 0.00793. The highest BCUT2D eigenvalue weighted by atomic mass is 16.3. The van der Waals surface area contributed by atoms with E-state index in [4.69, 9.17) is 0 Å². The van der Waals surface area contributed by atoms with Gasteiger partial charge in [-0.05, 0) is 48.2 Å². The van der Waals surface area contributed by atoms with Gasteiger partial charge in [0.1, 0.15) is 46.0 Å². The molecular weight excluding hydrogens is 728 g/mol. The van der Waals surface area contributed by atoms with Crippen LogP contribution in [-0.2, 0) is 25.7 Å². The molecule has 6 aromatic rings. The minimum atomic E-state index is -0.630. The molecule has 0 bridgehead atoms. The van der Waals surface area contributed by atoms with Gasteiger partial charge in [0.15, 0.2) is 23.0 Å². The van der Waals surface area contributed by atoms with Crippen molar-refractivity contribution in [3.8, 4) is 80.5 Å². The number of hydrogen-bond donors (Lipinski definition) is 14. The standard InChI is InChI=1S/2C21H20O7/c1-10-2-11(4-15-17(24)6-13(22)7-18(15)25)21(28)12(3-10)5-16-19(26)8-14(23)9-20(16)27;1-10-6-13(8-11-2-4-15(22)20(27)18(11)25)17(24)14(7-10)9-12-3-5-16(23)21(28)19(12)26/h2-3,6-9,22-28H,4-5H2,1H3;2-7,22-28H,8-9H2,1H3. The molecule has 6 aromatic carbocycles. The average molecular weight is 769 g/mol. The molecule has 14 N–H and O–H groups in total. The van der Waals surface area contributed by atoms with Gasteiger partial charge in [-0.1, -0.05) is 47.5 Å². The molecule has 292 valence electrons. The van der Waals surface area contributed by atoms with Gasteiger partial charge in [-0.25, -0.2) is 0 Å². The number of phenolic OH excluding ortho intramolecular Hbond substituents is 14. The fourth-order valence-corrected chi connectivity index (χ4v) is 6.32. The van der Waals surface area contributed by atoms with E-state index in [9.17, 15) is 71.5 Å². The highest BCUT2D eigenvalue weighted by Gasteiger charge is 2.20. The van der Waals surface area contributed by atoms with E-state index < -0.39 is 34.5 Å². The zero-order chi connectivity index (χ0) is 41.2. The van der Waals surface area contributed by atoms with Crippen molar-refractivity contribution < 1.29 is 71.5 Å². The molecule has 0 amide bonds. The molecule has 0 aliphatic rings. The maximum Gasteiger partial charge on any atom is 0.200 e. The third-order valence-electron chi connectivity index (χ3n) is 9.12. The lowest BCUT2D eigenvalue weighted by Gasteiger charge is -2.15. The van der Waals surface area contributed by atoms with E-state index in [1.54, 1.807) is 31.2 Å². The van der Waals surface area contributed by atoms with Crippen LogP contribution in [0.4, 0.5) is 0 Å². The van der Waals surface area contributed by atoms with Gasteiger partial charge in [-0.15, -0.1) is 0 Å². The van der Waals surface area contributed by atoms with Crippen LogP contribution in [0.15, 0.2) is 72.8 Å². The normalized spacial score (nSPS) is 10.9. The van der Waals surface area contributed by atoms with Crippen LogP contribution in [0, 0.1) is 13.8 Å². The molecule has 14 heteroatoms. The monoisotopic (exact) mass is 768 g/mol. The maximum absolute atomic E-state index is 10.7. The second-order valence-corrected chi connectivity index (χ2v) is 13.4. The van der Waals surface area contributed by atoms with E-state index in [1.165, 1.54) is 24.3 Å². The Morgan fingerprint density at radius 1 is 0.286 bits per heavy atom. The lowest BCUT2D eigenvalue weighted by molar-refractivity contribution is 0.365. The summed E-state index contributed by atoms with van der Waals surface area (Å²) in [6, 6.07) is 16.5. The largest absolute Gasteiger partial charge is 0.508 e. The summed E-state index contributed by atoms with van der Waals surface area (Å²) in [5.41, 5.74) is 4.24. The fraction of sp³-hybridized carbons (Fsp3) is 0.143. The van der Waals surface area contributed by atoms with Crippen LogP contribution >= 0.6 is 0 Å². The first kappa shape index (κ1) is 39.7. The van der Waals surface area contributed by atoms with Gasteiger partial charge >= 0.3 is 0 Å². The second-order valence-electron chi connectivity index (χ2n) is 13.4. The van der Waals surface area contributed by atoms with Crippen LogP contribution in [0.25, 0.3) is 0 Å². The molecule has 0 heterocycles. The number of aryl methyl sites for hydroxylation is 2. The zero-order valence-corrected chi connectivity index (χ0v) is 30.0. The number of rotatable bonds is 8. The van der Waals surface area contributed by atoms with Crippen LogP contribution in [-0.4, -0.2) is 71.5 Å². The van der Waals surface area contributed by atoms with Gasteiger partial charge in [0.2, 0.25) is 11.5 Å². The first-order valence-corrected chi connectivity index (χ1v) is 16.9. The Balaban J connectivity index is 0.000000214. The van der Waals surface area contributed by atoms with Crippen LogP contribution < -0.4 is 0 Å². The van der Waals surface area contributed by atoms with Gasteiger partial charge in [0.25, 0.3) is 0 Å². The van der Waals surface area contributed by atoms with Crippen molar-refractivity contribution in [3.05, 3.63) is 128 Å². The molecule has 0 fully saturated rings. The molecule has 0 aliphatic carbocycles. The summed E-state index contributed by atoms with van der Waals surface area (Å²) in [6.07, 6.45) is 0.165. The molecule has 0 aromatic heterocycles. The Bertz CT molecular complexity index is 2250. The Kier molecular flexibility index (Phi) is 11.3. The second kappa shape index (κ2) is 15.9. The van der Waals surface area contributed by atoms with Gasteiger partial charge < -0.3 is 71.5 Å². The lowest BCUT2D eigenvalue weighted by atomic mass is 9.94. The maximum atomic E-state index is 10.7. The lowest BCUT2D eigenvalue weighted by Crippen LogP contribution is -1.98. The topological polar surface area (TPSA) is 283 Å². The van der Waals surface area contributed by atoms with E-state index in [2.05, 4.69) is 0 Å². The van der Waals surface area contributed by atoms with Crippen molar-refractivity contribution in [1.82, 2.24) is 0 Å². The highest BCUT2D eigenvalue weighted by molar-refractivity contribution is 5.59. The molecule has 56 heavy (non-hydrogen) atoms. The summed E-state index contributed by atoms with van der Waals surface area (Å²) in [5.74, 6) is -5.09. The molecule has 0 saturated heterocycles. The number of hydrogen-bond acceptors (Lipinski definition) is 14. The minimum Gasteiger partial charge on any atom is -0.508 e. The van der Waals surface area contributed by atoms with E-state index in [0.29, 0.717) is 33.4 Å². The van der Waals surface area contributed by atoms with Crippen LogP contribution in [0.5, 0.6) is 80.5 Å².